The van der Waals surface area contributed by atoms with Crippen LogP contribution >= 0.6 is 11.3 Å². The first kappa shape index (κ1) is 14.5. The number of rotatable bonds is 2. The lowest BCUT2D eigenvalue weighted by Crippen LogP contribution is -2.50. The summed E-state index contributed by atoms with van der Waals surface area (Å²) >= 11 is 1.42. The minimum atomic E-state index is -0.233. The smallest absolute Gasteiger partial charge is 0.264 e. The second-order valence-corrected chi connectivity index (χ2v) is 5.95. The van der Waals surface area contributed by atoms with E-state index in [1.54, 1.807) is 9.80 Å². The van der Waals surface area contributed by atoms with Crippen LogP contribution in [0.25, 0.3) is 0 Å². The number of aromatic nitrogens is 1. The van der Waals surface area contributed by atoms with E-state index in [0.29, 0.717) is 31.7 Å². The van der Waals surface area contributed by atoms with Gasteiger partial charge in [-0.3, -0.25) is 14.4 Å². The molecule has 2 aromatic rings. The molecule has 0 radical (unpaired) electrons. The van der Waals surface area contributed by atoms with Gasteiger partial charge in [-0.2, -0.15) is 0 Å². The van der Waals surface area contributed by atoms with Crippen LogP contribution in [0.1, 0.15) is 20.0 Å². The number of thiophene rings is 1. The molecule has 22 heavy (non-hydrogen) atoms. The molecule has 2 aromatic heterocycles. The Kier molecular flexibility index (Phi) is 4.06. The highest BCUT2D eigenvalue weighted by molar-refractivity contribution is 7.12. The summed E-state index contributed by atoms with van der Waals surface area (Å²) in [7, 11) is 0. The number of nitrogens with one attached hydrogen (secondary N) is 1. The third-order valence-corrected chi connectivity index (χ3v) is 4.48. The molecule has 0 saturated carbocycles. The summed E-state index contributed by atoms with van der Waals surface area (Å²) in [5.41, 5.74) is 0.223. The minimum Gasteiger partial charge on any atom is -0.335 e. The number of hydrogen-bond acceptors (Lipinski definition) is 4. The molecule has 0 aliphatic carbocycles. The van der Waals surface area contributed by atoms with Gasteiger partial charge in [0.1, 0.15) is 0 Å². The van der Waals surface area contributed by atoms with E-state index in [0.717, 1.165) is 4.88 Å². The Morgan fingerprint density at radius 2 is 1.68 bits per heavy atom. The number of nitrogens with zero attached hydrogens (tertiary/aromatic N) is 2. The highest BCUT2D eigenvalue weighted by Crippen LogP contribution is 2.14. The molecule has 1 aliphatic rings. The van der Waals surface area contributed by atoms with Gasteiger partial charge in [0, 0.05) is 38.4 Å². The number of carbonyl (C=O) groups is 2. The SMILES string of the molecule is O=C(c1ccc(=O)[nH]c1)N1CCN(C(=O)c2cccs2)CC1. The molecule has 7 heteroatoms. The Morgan fingerprint density at radius 3 is 2.23 bits per heavy atom. The van der Waals surface area contributed by atoms with Gasteiger partial charge in [-0.15, -0.1) is 11.3 Å². The molecule has 1 aliphatic heterocycles. The largest absolute Gasteiger partial charge is 0.335 e. The highest BCUT2D eigenvalue weighted by Gasteiger charge is 2.25. The Bertz CT molecular complexity index is 710. The molecule has 3 rings (SSSR count). The van der Waals surface area contributed by atoms with Crippen LogP contribution in [0.3, 0.4) is 0 Å². The number of aromatic amines is 1. The third kappa shape index (κ3) is 2.94. The van der Waals surface area contributed by atoms with E-state index in [2.05, 4.69) is 4.98 Å². The van der Waals surface area contributed by atoms with Crippen molar-refractivity contribution in [3.63, 3.8) is 0 Å². The van der Waals surface area contributed by atoms with E-state index >= 15 is 0 Å². The average molecular weight is 317 g/mol. The predicted molar refractivity (Wildman–Crippen MR) is 83.2 cm³/mol. The molecule has 1 saturated heterocycles. The second kappa shape index (κ2) is 6.15. The van der Waals surface area contributed by atoms with Crippen LogP contribution in [0.15, 0.2) is 40.6 Å². The molecule has 2 amide bonds. The van der Waals surface area contributed by atoms with Gasteiger partial charge < -0.3 is 14.8 Å². The Balaban J connectivity index is 1.62. The third-order valence-electron chi connectivity index (χ3n) is 3.62. The van der Waals surface area contributed by atoms with Gasteiger partial charge in [0.25, 0.3) is 11.8 Å². The molecule has 0 atom stereocenters. The molecular formula is C15H15N3O3S. The van der Waals surface area contributed by atoms with Gasteiger partial charge in [-0.1, -0.05) is 6.07 Å². The van der Waals surface area contributed by atoms with Crippen molar-refractivity contribution in [2.75, 3.05) is 26.2 Å². The van der Waals surface area contributed by atoms with Gasteiger partial charge in [0.05, 0.1) is 10.4 Å². The number of amides is 2. The van der Waals surface area contributed by atoms with Crippen molar-refractivity contribution in [3.05, 3.63) is 56.6 Å². The van der Waals surface area contributed by atoms with Crippen LogP contribution < -0.4 is 5.56 Å². The fourth-order valence-corrected chi connectivity index (χ4v) is 3.09. The lowest BCUT2D eigenvalue weighted by Gasteiger charge is -2.34. The summed E-state index contributed by atoms with van der Waals surface area (Å²) in [6, 6.07) is 6.52. The quantitative estimate of drug-likeness (QED) is 0.899. The minimum absolute atomic E-state index is 0.0196. The number of hydrogen-bond donors (Lipinski definition) is 1. The zero-order valence-corrected chi connectivity index (χ0v) is 12.6. The van der Waals surface area contributed by atoms with Crippen molar-refractivity contribution in [1.82, 2.24) is 14.8 Å². The first-order valence-corrected chi connectivity index (χ1v) is 7.84. The van der Waals surface area contributed by atoms with Crippen LogP contribution in [0.5, 0.6) is 0 Å². The first-order chi connectivity index (χ1) is 10.6. The summed E-state index contributed by atoms with van der Waals surface area (Å²) in [4.78, 5) is 42.3. The highest BCUT2D eigenvalue weighted by atomic mass is 32.1. The Labute approximate surface area is 131 Å². The fraction of sp³-hybridized carbons (Fsp3) is 0.267. The maximum absolute atomic E-state index is 12.3. The lowest BCUT2D eigenvalue weighted by molar-refractivity contribution is 0.0538. The first-order valence-electron chi connectivity index (χ1n) is 6.96. The zero-order chi connectivity index (χ0) is 15.5. The number of H-pyrrole nitrogens is 1. The predicted octanol–water partition coefficient (Wildman–Crippen LogP) is 1.03. The standard InChI is InChI=1S/C15H15N3O3S/c19-13-4-3-11(10-16-13)14(20)17-5-7-18(8-6-17)15(21)12-2-1-9-22-12/h1-4,9-10H,5-8H2,(H,16,19). The van der Waals surface area contributed by atoms with Crippen molar-refractivity contribution >= 4 is 23.2 Å². The van der Waals surface area contributed by atoms with E-state index in [1.807, 2.05) is 17.5 Å². The number of carbonyl (C=O) groups excluding carboxylic acids is 2. The van der Waals surface area contributed by atoms with Crippen LogP contribution in [0.4, 0.5) is 0 Å². The van der Waals surface area contributed by atoms with Crippen LogP contribution in [-0.2, 0) is 0 Å². The summed E-state index contributed by atoms with van der Waals surface area (Å²) < 4.78 is 0. The molecule has 0 aromatic carbocycles. The van der Waals surface area contributed by atoms with Crippen molar-refractivity contribution < 1.29 is 9.59 Å². The maximum atomic E-state index is 12.3. The van der Waals surface area contributed by atoms with E-state index in [-0.39, 0.29) is 17.4 Å². The zero-order valence-electron chi connectivity index (χ0n) is 11.8. The van der Waals surface area contributed by atoms with Crippen molar-refractivity contribution in [2.24, 2.45) is 0 Å². The van der Waals surface area contributed by atoms with E-state index in [1.165, 1.54) is 29.7 Å². The lowest BCUT2D eigenvalue weighted by atomic mass is 10.2. The molecule has 114 valence electrons. The normalized spacial score (nSPS) is 14.9. The average Bonchev–Trinajstić information content (AvgIpc) is 3.09. The molecule has 0 unspecified atom stereocenters. The second-order valence-electron chi connectivity index (χ2n) is 5.00. The van der Waals surface area contributed by atoms with Gasteiger partial charge in [0.15, 0.2) is 0 Å². The molecule has 3 heterocycles. The summed E-state index contributed by atoms with van der Waals surface area (Å²) in [5, 5.41) is 1.88. The number of pyridine rings is 1. The van der Waals surface area contributed by atoms with E-state index in [4.69, 9.17) is 0 Å². The van der Waals surface area contributed by atoms with Gasteiger partial charge in [-0.25, -0.2) is 0 Å². The van der Waals surface area contributed by atoms with Gasteiger partial charge in [-0.05, 0) is 17.5 Å². The summed E-state index contributed by atoms with van der Waals surface area (Å²) in [6.45, 7) is 2.03. The van der Waals surface area contributed by atoms with E-state index < -0.39 is 0 Å². The molecule has 0 bridgehead atoms. The van der Waals surface area contributed by atoms with Crippen molar-refractivity contribution in [1.29, 1.82) is 0 Å². The molecule has 1 N–H and O–H groups in total. The molecule has 1 fully saturated rings. The molecule has 6 nitrogen and oxygen atoms in total. The van der Waals surface area contributed by atoms with Crippen LogP contribution in [0.2, 0.25) is 0 Å². The Morgan fingerprint density at radius 1 is 1.00 bits per heavy atom. The van der Waals surface area contributed by atoms with Crippen LogP contribution in [-0.4, -0.2) is 52.8 Å². The topological polar surface area (TPSA) is 73.5 Å². The van der Waals surface area contributed by atoms with Crippen molar-refractivity contribution in [3.8, 4) is 0 Å². The van der Waals surface area contributed by atoms with Crippen molar-refractivity contribution in [2.45, 2.75) is 0 Å². The number of piperazine rings is 1. The van der Waals surface area contributed by atoms with Gasteiger partial charge in [0.2, 0.25) is 5.56 Å². The monoisotopic (exact) mass is 317 g/mol. The Hall–Kier alpha value is -2.41. The summed E-state index contributed by atoms with van der Waals surface area (Å²) in [5.74, 6) is -0.106. The summed E-state index contributed by atoms with van der Waals surface area (Å²) in [6.07, 6.45) is 1.42. The van der Waals surface area contributed by atoms with Crippen LogP contribution in [0, 0.1) is 0 Å². The maximum Gasteiger partial charge on any atom is 0.264 e. The van der Waals surface area contributed by atoms with E-state index in [9.17, 15) is 14.4 Å². The van der Waals surface area contributed by atoms with Gasteiger partial charge >= 0.3 is 0 Å². The molecule has 0 spiro atoms. The molecular weight excluding hydrogens is 302 g/mol. The fourth-order valence-electron chi connectivity index (χ4n) is 2.39.